The van der Waals surface area contributed by atoms with Gasteiger partial charge in [0.05, 0.1) is 6.10 Å². The average Bonchev–Trinajstić information content (AvgIpc) is 2.90. The number of hydrogen-bond donors (Lipinski definition) is 1. The van der Waals surface area contributed by atoms with Crippen LogP contribution in [0.5, 0.6) is 0 Å². The van der Waals surface area contributed by atoms with Crippen molar-refractivity contribution >= 4 is 11.8 Å². The van der Waals surface area contributed by atoms with Crippen molar-refractivity contribution in [2.75, 3.05) is 18.9 Å². The van der Waals surface area contributed by atoms with E-state index in [-0.39, 0.29) is 0 Å². The van der Waals surface area contributed by atoms with Gasteiger partial charge in [0, 0.05) is 35.9 Å². The summed E-state index contributed by atoms with van der Waals surface area (Å²) in [5.74, 6) is -0.274. The Morgan fingerprint density at radius 1 is 1.47 bits per heavy atom. The lowest BCUT2D eigenvalue weighted by Crippen LogP contribution is -2.38. The van der Waals surface area contributed by atoms with E-state index in [1.54, 1.807) is 0 Å². The third-order valence-electron chi connectivity index (χ3n) is 3.24. The Labute approximate surface area is 116 Å². The molecular weight excluding hydrogens is 268 g/mol. The maximum atomic E-state index is 13.4. The second-order valence-corrected chi connectivity index (χ2v) is 5.85. The van der Waals surface area contributed by atoms with Crippen LogP contribution in [-0.4, -0.2) is 31.1 Å². The molecule has 0 aliphatic carbocycles. The SMILES string of the molecule is CC(NCCSc1ccc(F)cc1F)C1CCCO1. The molecule has 1 aliphatic rings. The van der Waals surface area contributed by atoms with Crippen LogP contribution in [0.25, 0.3) is 0 Å². The molecule has 0 amide bonds. The Kier molecular flexibility index (Phi) is 5.60. The lowest BCUT2D eigenvalue weighted by molar-refractivity contribution is 0.0844. The Balaban J connectivity index is 1.68. The second kappa shape index (κ2) is 7.22. The molecule has 5 heteroatoms. The van der Waals surface area contributed by atoms with E-state index in [1.807, 2.05) is 0 Å². The summed E-state index contributed by atoms with van der Waals surface area (Å²) in [7, 11) is 0. The molecule has 2 rings (SSSR count). The molecular formula is C14H19F2NOS. The quantitative estimate of drug-likeness (QED) is 0.641. The Hall–Kier alpha value is -0.650. The van der Waals surface area contributed by atoms with Crippen molar-refractivity contribution in [3.63, 3.8) is 0 Å². The summed E-state index contributed by atoms with van der Waals surface area (Å²) < 4.78 is 31.7. The van der Waals surface area contributed by atoms with Gasteiger partial charge in [0.25, 0.3) is 0 Å². The number of halogens is 2. The molecule has 0 spiro atoms. The Morgan fingerprint density at radius 3 is 3.00 bits per heavy atom. The maximum absolute atomic E-state index is 13.4. The minimum atomic E-state index is -0.535. The average molecular weight is 287 g/mol. The second-order valence-electron chi connectivity index (χ2n) is 4.72. The summed E-state index contributed by atoms with van der Waals surface area (Å²) in [6, 6.07) is 4.01. The first kappa shape index (κ1) is 14.8. The van der Waals surface area contributed by atoms with Crippen LogP contribution >= 0.6 is 11.8 Å². The molecule has 0 aromatic heterocycles. The first-order valence-electron chi connectivity index (χ1n) is 6.59. The number of nitrogens with one attached hydrogen (secondary N) is 1. The van der Waals surface area contributed by atoms with Gasteiger partial charge in [0.15, 0.2) is 0 Å². The van der Waals surface area contributed by atoms with Gasteiger partial charge < -0.3 is 10.1 Å². The summed E-state index contributed by atoms with van der Waals surface area (Å²) >= 11 is 1.40. The standard InChI is InChI=1S/C14H19F2NOS/c1-10(13-3-2-7-18-13)17-6-8-19-14-5-4-11(15)9-12(14)16/h4-5,9-10,13,17H,2-3,6-8H2,1H3. The maximum Gasteiger partial charge on any atom is 0.139 e. The predicted molar refractivity (Wildman–Crippen MR) is 73.5 cm³/mol. The normalized spacial score (nSPS) is 20.7. The summed E-state index contributed by atoms with van der Waals surface area (Å²) in [5.41, 5.74) is 0. The van der Waals surface area contributed by atoms with Crippen molar-refractivity contribution in [3.8, 4) is 0 Å². The molecule has 0 radical (unpaired) electrons. The van der Waals surface area contributed by atoms with E-state index < -0.39 is 11.6 Å². The number of hydrogen-bond acceptors (Lipinski definition) is 3. The highest BCUT2D eigenvalue weighted by molar-refractivity contribution is 7.99. The number of benzene rings is 1. The Morgan fingerprint density at radius 2 is 2.32 bits per heavy atom. The van der Waals surface area contributed by atoms with E-state index in [9.17, 15) is 8.78 Å². The third-order valence-corrected chi connectivity index (χ3v) is 4.29. The third kappa shape index (κ3) is 4.44. The highest BCUT2D eigenvalue weighted by Crippen LogP contribution is 2.22. The smallest absolute Gasteiger partial charge is 0.139 e. The highest BCUT2D eigenvalue weighted by Gasteiger charge is 2.21. The molecule has 1 aromatic rings. The fourth-order valence-electron chi connectivity index (χ4n) is 2.17. The van der Waals surface area contributed by atoms with Gasteiger partial charge in [-0.25, -0.2) is 8.78 Å². The van der Waals surface area contributed by atoms with Crippen LogP contribution in [0.1, 0.15) is 19.8 Å². The molecule has 1 aliphatic heterocycles. The fourth-order valence-corrected chi connectivity index (χ4v) is 2.97. The zero-order valence-electron chi connectivity index (χ0n) is 11.0. The van der Waals surface area contributed by atoms with Crippen LogP contribution in [0.15, 0.2) is 23.1 Å². The van der Waals surface area contributed by atoms with Crippen molar-refractivity contribution in [1.82, 2.24) is 5.32 Å². The van der Waals surface area contributed by atoms with E-state index in [2.05, 4.69) is 12.2 Å². The molecule has 1 N–H and O–H groups in total. The summed E-state index contributed by atoms with van der Waals surface area (Å²) in [6.45, 7) is 3.74. The monoisotopic (exact) mass is 287 g/mol. The van der Waals surface area contributed by atoms with Crippen LogP contribution in [0.2, 0.25) is 0 Å². The zero-order valence-corrected chi connectivity index (χ0v) is 11.8. The topological polar surface area (TPSA) is 21.3 Å². The molecule has 106 valence electrons. The lowest BCUT2D eigenvalue weighted by Gasteiger charge is -2.19. The van der Waals surface area contributed by atoms with E-state index in [0.717, 1.165) is 37.8 Å². The molecule has 2 atom stereocenters. The van der Waals surface area contributed by atoms with Crippen LogP contribution in [-0.2, 0) is 4.74 Å². The lowest BCUT2D eigenvalue weighted by atomic mass is 10.1. The number of ether oxygens (including phenoxy) is 1. The van der Waals surface area contributed by atoms with E-state index in [4.69, 9.17) is 4.74 Å². The Bertz CT molecular complexity index is 410. The minimum Gasteiger partial charge on any atom is -0.377 e. The number of rotatable bonds is 6. The van der Waals surface area contributed by atoms with Gasteiger partial charge >= 0.3 is 0 Å². The summed E-state index contributed by atoms with van der Waals surface area (Å²) in [5, 5.41) is 3.38. The minimum absolute atomic E-state index is 0.299. The summed E-state index contributed by atoms with van der Waals surface area (Å²) in [6.07, 6.45) is 2.53. The molecule has 1 fully saturated rings. The van der Waals surface area contributed by atoms with Crippen molar-refractivity contribution in [3.05, 3.63) is 29.8 Å². The molecule has 1 saturated heterocycles. The zero-order chi connectivity index (χ0) is 13.7. The number of thioether (sulfide) groups is 1. The van der Waals surface area contributed by atoms with E-state index in [1.165, 1.54) is 23.9 Å². The van der Waals surface area contributed by atoms with Crippen molar-refractivity contribution < 1.29 is 13.5 Å². The van der Waals surface area contributed by atoms with E-state index >= 15 is 0 Å². The fraction of sp³-hybridized carbons (Fsp3) is 0.571. The van der Waals surface area contributed by atoms with Gasteiger partial charge in [-0.1, -0.05) is 0 Å². The van der Waals surface area contributed by atoms with Crippen LogP contribution < -0.4 is 5.32 Å². The van der Waals surface area contributed by atoms with Crippen LogP contribution in [0, 0.1) is 11.6 Å². The van der Waals surface area contributed by atoms with Gasteiger partial charge in [-0.2, -0.15) is 0 Å². The molecule has 2 unspecified atom stereocenters. The van der Waals surface area contributed by atoms with E-state index in [0.29, 0.717) is 17.0 Å². The summed E-state index contributed by atoms with van der Waals surface area (Å²) in [4.78, 5) is 0.493. The molecule has 1 heterocycles. The first-order chi connectivity index (χ1) is 9.16. The molecule has 0 saturated carbocycles. The molecule has 2 nitrogen and oxygen atoms in total. The van der Waals surface area contributed by atoms with Crippen molar-refractivity contribution in [2.24, 2.45) is 0 Å². The molecule has 0 bridgehead atoms. The highest BCUT2D eigenvalue weighted by atomic mass is 32.2. The first-order valence-corrected chi connectivity index (χ1v) is 7.58. The predicted octanol–water partition coefficient (Wildman–Crippen LogP) is 3.21. The van der Waals surface area contributed by atoms with Crippen LogP contribution in [0.3, 0.4) is 0 Å². The largest absolute Gasteiger partial charge is 0.377 e. The van der Waals surface area contributed by atoms with Crippen molar-refractivity contribution in [2.45, 2.75) is 36.8 Å². The van der Waals surface area contributed by atoms with Crippen LogP contribution in [0.4, 0.5) is 8.78 Å². The van der Waals surface area contributed by atoms with Gasteiger partial charge in [0.1, 0.15) is 11.6 Å². The van der Waals surface area contributed by atoms with Gasteiger partial charge in [-0.15, -0.1) is 11.8 Å². The molecule has 1 aromatic carbocycles. The van der Waals surface area contributed by atoms with Gasteiger partial charge in [0.2, 0.25) is 0 Å². The van der Waals surface area contributed by atoms with Gasteiger partial charge in [-0.3, -0.25) is 0 Å². The van der Waals surface area contributed by atoms with Gasteiger partial charge in [-0.05, 0) is 31.9 Å². The van der Waals surface area contributed by atoms with Crippen molar-refractivity contribution in [1.29, 1.82) is 0 Å². The molecule has 19 heavy (non-hydrogen) atoms.